The Morgan fingerprint density at radius 3 is 2.75 bits per heavy atom. The highest BCUT2D eigenvalue weighted by atomic mass is 32.2. The summed E-state index contributed by atoms with van der Waals surface area (Å²) < 4.78 is 7.11. The zero-order chi connectivity index (χ0) is 20.1. The fourth-order valence-corrected chi connectivity index (χ4v) is 3.44. The van der Waals surface area contributed by atoms with E-state index in [4.69, 9.17) is 10.2 Å². The molecule has 3 rings (SSSR count). The van der Waals surface area contributed by atoms with E-state index >= 15 is 0 Å². The number of nitrogens with two attached hydrogens (primary N) is 1. The number of carbonyl (C=O) groups excluding carboxylic acids is 2. The number of benzene rings is 1. The predicted molar refractivity (Wildman–Crippen MR) is 107 cm³/mol. The largest absolute Gasteiger partial charge is 0.461 e. The molecule has 1 aromatic carbocycles. The van der Waals surface area contributed by atoms with Crippen LogP contribution in [0.2, 0.25) is 0 Å². The van der Waals surface area contributed by atoms with Crippen LogP contribution in [0.1, 0.15) is 17.5 Å². The zero-order valence-corrected chi connectivity index (χ0v) is 16.5. The number of carbonyl (C=O) groups is 2. The minimum absolute atomic E-state index is 0.133. The molecule has 2 aromatic heterocycles. The number of hydrogen-bond donors (Lipinski definition) is 2. The van der Waals surface area contributed by atoms with Crippen molar-refractivity contribution in [2.75, 3.05) is 11.1 Å². The second-order valence-corrected chi connectivity index (χ2v) is 7.25. The Labute approximate surface area is 166 Å². The van der Waals surface area contributed by atoms with Crippen molar-refractivity contribution < 1.29 is 14.0 Å². The zero-order valence-electron chi connectivity index (χ0n) is 15.6. The van der Waals surface area contributed by atoms with Crippen molar-refractivity contribution in [2.24, 2.45) is 5.73 Å². The maximum atomic E-state index is 12.4. The summed E-state index contributed by atoms with van der Waals surface area (Å²) in [5, 5.41) is 11.7. The van der Waals surface area contributed by atoms with Crippen molar-refractivity contribution in [3.8, 4) is 11.6 Å². The molecule has 0 radical (unpaired) electrons. The molecule has 0 saturated carbocycles. The first-order valence-electron chi connectivity index (χ1n) is 8.69. The molecule has 0 unspecified atom stereocenters. The normalized spacial score (nSPS) is 10.8. The van der Waals surface area contributed by atoms with Gasteiger partial charge in [0.2, 0.25) is 11.8 Å². The van der Waals surface area contributed by atoms with E-state index in [-0.39, 0.29) is 18.1 Å². The Morgan fingerprint density at radius 1 is 1.25 bits per heavy atom. The van der Waals surface area contributed by atoms with Gasteiger partial charge in [-0.1, -0.05) is 29.5 Å². The number of furan rings is 1. The monoisotopic (exact) mass is 399 g/mol. The lowest BCUT2D eigenvalue weighted by Crippen LogP contribution is -2.17. The van der Waals surface area contributed by atoms with Crippen LogP contribution in [0, 0.1) is 13.8 Å². The second kappa shape index (κ2) is 8.75. The van der Waals surface area contributed by atoms with Crippen molar-refractivity contribution in [1.29, 1.82) is 0 Å². The fraction of sp³-hybridized carbons (Fsp3) is 0.263. The molecular formula is C19H21N5O3S. The Hall–Kier alpha value is -3.07. The maximum absolute atomic E-state index is 12.4. The molecule has 0 atom stereocenters. The van der Waals surface area contributed by atoms with Crippen LogP contribution in [0.25, 0.3) is 11.6 Å². The Bertz CT molecular complexity index is 982. The number of anilines is 1. The smallest absolute Gasteiger partial charge is 0.234 e. The lowest BCUT2D eigenvalue weighted by molar-refractivity contribution is -0.118. The second-order valence-electron chi connectivity index (χ2n) is 6.31. The van der Waals surface area contributed by atoms with Gasteiger partial charge in [-0.15, -0.1) is 10.2 Å². The Balaban J connectivity index is 1.70. The van der Waals surface area contributed by atoms with Gasteiger partial charge >= 0.3 is 0 Å². The molecule has 28 heavy (non-hydrogen) atoms. The lowest BCUT2D eigenvalue weighted by Gasteiger charge is -2.10. The molecule has 0 fully saturated rings. The van der Waals surface area contributed by atoms with Crippen LogP contribution in [-0.4, -0.2) is 32.3 Å². The molecule has 0 saturated heterocycles. The van der Waals surface area contributed by atoms with Crippen molar-refractivity contribution in [3.05, 3.63) is 47.7 Å². The van der Waals surface area contributed by atoms with Gasteiger partial charge in [0.1, 0.15) is 0 Å². The van der Waals surface area contributed by atoms with E-state index in [0.29, 0.717) is 23.3 Å². The highest BCUT2D eigenvalue weighted by Gasteiger charge is 2.18. The van der Waals surface area contributed by atoms with Gasteiger partial charge in [-0.2, -0.15) is 0 Å². The van der Waals surface area contributed by atoms with E-state index in [1.807, 2.05) is 32.0 Å². The number of hydrogen-bond acceptors (Lipinski definition) is 6. The number of aromatic nitrogens is 3. The van der Waals surface area contributed by atoms with Gasteiger partial charge in [0.25, 0.3) is 0 Å². The summed E-state index contributed by atoms with van der Waals surface area (Å²) >= 11 is 1.24. The molecule has 9 heteroatoms. The third kappa shape index (κ3) is 4.80. The summed E-state index contributed by atoms with van der Waals surface area (Å²) in [6.45, 7) is 4.26. The lowest BCUT2D eigenvalue weighted by atomic mass is 10.1. The summed E-state index contributed by atoms with van der Waals surface area (Å²) in [5.41, 5.74) is 8.19. The van der Waals surface area contributed by atoms with Crippen LogP contribution in [0.5, 0.6) is 0 Å². The number of rotatable bonds is 8. The summed E-state index contributed by atoms with van der Waals surface area (Å²) in [5.74, 6) is 0.593. The van der Waals surface area contributed by atoms with Crippen LogP contribution in [0.3, 0.4) is 0 Å². The van der Waals surface area contributed by atoms with E-state index in [9.17, 15) is 9.59 Å². The van der Waals surface area contributed by atoms with Crippen molar-refractivity contribution in [2.45, 2.75) is 32.0 Å². The number of nitrogens with one attached hydrogen (secondary N) is 1. The number of amides is 2. The van der Waals surface area contributed by atoms with Gasteiger partial charge in [-0.05, 0) is 37.6 Å². The molecule has 8 nitrogen and oxygen atoms in total. The minimum atomic E-state index is -0.428. The Morgan fingerprint density at radius 2 is 2.07 bits per heavy atom. The molecule has 0 aliphatic rings. The average Bonchev–Trinajstić information content (AvgIpc) is 3.29. The molecule has 0 aliphatic heterocycles. The molecule has 3 aromatic rings. The summed E-state index contributed by atoms with van der Waals surface area (Å²) in [4.78, 5) is 23.6. The molecular weight excluding hydrogens is 378 g/mol. The highest BCUT2D eigenvalue weighted by molar-refractivity contribution is 7.99. The van der Waals surface area contributed by atoms with Gasteiger partial charge < -0.3 is 15.5 Å². The van der Waals surface area contributed by atoms with Crippen molar-refractivity contribution >= 4 is 29.3 Å². The standard InChI is InChI=1S/C19H21N5O3S/c1-12-5-6-14(13(2)10-12)21-17(26)11-28-19-23-22-18(15-4-3-9-27-15)24(19)8-7-16(20)25/h3-6,9-10H,7-8,11H2,1-2H3,(H2,20,25)(H,21,26). The topological polar surface area (TPSA) is 116 Å². The van der Waals surface area contributed by atoms with E-state index in [1.54, 1.807) is 16.7 Å². The van der Waals surface area contributed by atoms with Gasteiger partial charge in [-0.25, -0.2) is 0 Å². The number of nitrogens with zero attached hydrogens (tertiary/aromatic N) is 3. The molecule has 0 spiro atoms. The third-order valence-corrected chi connectivity index (χ3v) is 5.00. The molecule has 0 aliphatic carbocycles. The molecule has 2 heterocycles. The Kier molecular flexibility index (Phi) is 6.15. The van der Waals surface area contributed by atoms with Crippen LogP contribution >= 0.6 is 11.8 Å². The number of primary amides is 1. The van der Waals surface area contributed by atoms with E-state index in [0.717, 1.165) is 16.8 Å². The molecule has 146 valence electrons. The van der Waals surface area contributed by atoms with Crippen LogP contribution in [0.4, 0.5) is 5.69 Å². The van der Waals surface area contributed by atoms with Gasteiger partial charge in [-0.3, -0.25) is 14.2 Å². The quantitative estimate of drug-likeness (QED) is 0.563. The number of aryl methyl sites for hydroxylation is 2. The first-order valence-corrected chi connectivity index (χ1v) is 9.68. The van der Waals surface area contributed by atoms with Crippen molar-refractivity contribution in [3.63, 3.8) is 0 Å². The van der Waals surface area contributed by atoms with Crippen LogP contribution in [-0.2, 0) is 16.1 Å². The third-order valence-electron chi connectivity index (χ3n) is 4.03. The van der Waals surface area contributed by atoms with Crippen molar-refractivity contribution in [1.82, 2.24) is 14.8 Å². The SMILES string of the molecule is Cc1ccc(NC(=O)CSc2nnc(-c3ccco3)n2CCC(N)=O)c(C)c1. The van der Waals surface area contributed by atoms with E-state index in [2.05, 4.69) is 15.5 Å². The first-order chi connectivity index (χ1) is 13.4. The fourth-order valence-electron chi connectivity index (χ4n) is 2.68. The van der Waals surface area contributed by atoms with Gasteiger partial charge in [0, 0.05) is 18.7 Å². The van der Waals surface area contributed by atoms with Crippen LogP contribution in [0.15, 0.2) is 46.2 Å². The molecule has 3 N–H and O–H groups in total. The summed E-state index contributed by atoms with van der Waals surface area (Å²) in [6.07, 6.45) is 1.67. The highest BCUT2D eigenvalue weighted by Crippen LogP contribution is 2.25. The van der Waals surface area contributed by atoms with E-state index < -0.39 is 5.91 Å². The van der Waals surface area contributed by atoms with Gasteiger partial charge in [0.05, 0.1) is 12.0 Å². The molecule has 2 amide bonds. The van der Waals surface area contributed by atoms with Crippen LogP contribution < -0.4 is 11.1 Å². The minimum Gasteiger partial charge on any atom is -0.461 e. The first kappa shape index (κ1) is 19.7. The van der Waals surface area contributed by atoms with Gasteiger partial charge in [0.15, 0.2) is 16.7 Å². The molecule has 0 bridgehead atoms. The summed E-state index contributed by atoms with van der Waals surface area (Å²) in [7, 11) is 0. The summed E-state index contributed by atoms with van der Waals surface area (Å²) in [6, 6.07) is 9.35. The predicted octanol–water partition coefficient (Wildman–Crippen LogP) is 2.76. The maximum Gasteiger partial charge on any atom is 0.234 e. The number of thioether (sulfide) groups is 1. The average molecular weight is 399 g/mol. The van der Waals surface area contributed by atoms with E-state index in [1.165, 1.54) is 18.0 Å².